The van der Waals surface area contributed by atoms with Crippen molar-refractivity contribution >= 4 is 40.4 Å². The van der Waals surface area contributed by atoms with E-state index < -0.39 is 7.12 Å². The van der Waals surface area contributed by atoms with Crippen LogP contribution in [-0.4, -0.2) is 69.6 Å². The summed E-state index contributed by atoms with van der Waals surface area (Å²) in [5.41, 5.74) is 1.65. The number of urea groups is 1. The van der Waals surface area contributed by atoms with Gasteiger partial charge in [0.05, 0.1) is 26.4 Å². The molecule has 0 radical (unpaired) electrons. The Kier molecular flexibility index (Phi) is 6.54. The number of hydrogen-bond acceptors (Lipinski definition) is 8. The predicted octanol–water partition coefficient (Wildman–Crippen LogP) is 1.28. The molecular weight excluding hydrogens is 481 g/mol. The molecule has 3 heterocycles. The van der Waals surface area contributed by atoms with Crippen molar-refractivity contribution in [3.8, 4) is 22.8 Å². The van der Waals surface area contributed by atoms with Crippen LogP contribution >= 0.6 is 15.9 Å². The average Bonchev–Trinajstić information content (AvgIpc) is 2.76. The molecule has 2 amide bonds. The van der Waals surface area contributed by atoms with Crippen molar-refractivity contribution in [2.24, 2.45) is 0 Å². The quantitative estimate of drug-likeness (QED) is 0.432. The first-order valence-corrected chi connectivity index (χ1v) is 10.4. The lowest BCUT2D eigenvalue weighted by molar-refractivity contribution is 0.0460. The van der Waals surface area contributed by atoms with Crippen LogP contribution in [0.5, 0.6) is 11.6 Å². The van der Waals surface area contributed by atoms with Crippen molar-refractivity contribution in [3.05, 3.63) is 53.3 Å². The lowest BCUT2D eigenvalue weighted by Crippen LogP contribution is -2.57. The topological polar surface area (TPSA) is 130 Å². The molecule has 0 atom stereocenters. The summed E-state index contributed by atoms with van der Waals surface area (Å²) in [5.74, 6) is 1.12. The number of pyridine rings is 1. The van der Waals surface area contributed by atoms with Crippen LogP contribution in [0, 0.1) is 0 Å². The van der Waals surface area contributed by atoms with E-state index in [1.54, 1.807) is 41.4 Å². The molecule has 10 nitrogen and oxygen atoms in total. The Morgan fingerprint density at radius 3 is 2.69 bits per heavy atom. The standard InChI is InChI=1S/C20H19BBrN5O5/c1-31-17-6-12(2-4-16(17)21(29)30)13-7-18(26-24-8-13)25-20(28)27-10-15(11-27)32-19-5-3-14(22)9-23-19/h2-9,15,29-30H,10-11H2,1H3,(H,25,26,28). The Bertz CT molecular complexity index is 1110. The van der Waals surface area contributed by atoms with Gasteiger partial charge < -0.3 is 24.4 Å². The van der Waals surface area contributed by atoms with Gasteiger partial charge in [0.15, 0.2) is 5.82 Å². The van der Waals surface area contributed by atoms with Gasteiger partial charge in [-0.3, -0.25) is 5.32 Å². The molecule has 164 valence electrons. The lowest BCUT2D eigenvalue weighted by atomic mass is 9.79. The van der Waals surface area contributed by atoms with E-state index >= 15 is 0 Å². The van der Waals surface area contributed by atoms with Crippen LogP contribution in [0.3, 0.4) is 0 Å². The fourth-order valence-corrected chi connectivity index (χ4v) is 3.39. The van der Waals surface area contributed by atoms with Gasteiger partial charge in [-0.2, -0.15) is 5.10 Å². The third kappa shape index (κ3) is 4.98. The molecule has 1 aliphatic heterocycles. The Hall–Kier alpha value is -3.22. The molecule has 0 spiro atoms. The molecule has 0 aliphatic carbocycles. The zero-order valence-corrected chi connectivity index (χ0v) is 18.6. The molecule has 1 aliphatic rings. The highest BCUT2D eigenvalue weighted by atomic mass is 79.9. The molecular formula is C20H19BBrN5O5. The van der Waals surface area contributed by atoms with Gasteiger partial charge in [0.25, 0.3) is 0 Å². The number of benzene rings is 1. The molecule has 0 unspecified atom stereocenters. The molecule has 32 heavy (non-hydrogen) atoms. The summed E-state index contributed by atoms with van der Waals surface area (Å²) in [6, 6.07) is 9.88. The number of rotatable bonds is 6. The molecule has 1 aromatic carbocycles. The molecule has 3 aromatic rings. The van der Waals surface area contributed by atoms with E-state index in [1.807, 2.05) is 6.07 Å². The minimum atomic E-state index is -1.65. The highest BCUT2D eigenvalue weighted by Crippen LogP contribution is 2.24. The monoisotopic (exact) mass is 499 g/mol. The number of carbonyl (C=O) groups excluding carboxylic acids is 1. The number of amides is 2. The summed E-state index contributed by atoms with van der Waals surface area (Å²) >= 11 is 3.32. The first-order chi connectivity index (χ1) is 15.4. The molecule has 4 rings (SSSR count). The van der Waals surface area contributed by atoms with Gasteiger partial charge >= 0.3 is 13.1 Å². The first kappa shape index (κ1) is 22.0. The Morgan fingerprint density at radius 2 is 2.00 bits per heavy atom. The van der Waals surface area contributed by atoms with Crippen molar-refractivity contribution in [1.82, 2.24) is 20.1 Å². The third-order valence-corrected chi connectivity index (χ3v) is 5.33. The zero-order chi connectivity index (χ0) is 22.7. The van der Waals surface area contributed by atoms with Gasteiger partial charge in [-0.25, -0.2) is 9.78 Å². The minimum absolute atomic E-state index is 0.125. The van der Waals surface area contributed by atoms with E-state index in [1.165, 1.54) is 13.3 Å². The van der Waals surface area contributed by atoms with Crippen molar-refractivity contribution in [2.75, 3.05) is 25.5 Å². The van der Waals surface area contributed by atoms with E-state index in [-0.39, 0.29) is 23.4 Å². The van der Waals surface area contributed by atoms with Crippen molar-refractivity contribution in [1.29, 1.82) is 0 Å². The first-order valence-electron chi connectivity index (χ1n) is 9.64. The second-order valence-corrected chi connectivity index (χ2v) is 7.97. The van der Waals surface area contributed by atoms with Crippen molar-refractivity contribution in [3.63, 3.8) is 0 Å². The van der Waals surface area contributed by atoms with E-state index in [0.29, 0.717) is 30.3 Å². The molecule has 0 bridgehead atoms. The SMILES string of the molecule is COc1cc(-c2cnnc(NC(=O)N3CC(Oc4ccc(Br)cn4)C3)c2)ccc1B(O)O. The number of carbonyl (C=O) groups is 1. The summed E-state index contributed by atoms with van der Waals surface area (Å²) < 4.78 is 11.8. The van der Waals surface area contributed by atoms with Crippen LogP contribution in [0.2, 0.25) is 0 Å². The lowest BCUT2D eigenvalue weighted by Gasteiger charge is -2.38. The van der Waals surface area contributed by atoms with Gasteiger partial charge in [-0.15, -0.1) is 5.10 Å². The maximum absolute atomic E-state index is 12.5. The Labute approximate surface area is 192 Å². The second kappa shape index (κ2) is 9.51. The maximum atomic E-state index is 12.5. The summed E-state index contributed by atoms with van der Waals surface area (Å²) in [7, 11) is -0.202. The van der Waals surface area contributed by atoms with Crippen molar-refractivity contribution < 1.29 is 24.3 Å². The number of halogens is 1. The number of aromatic nitrogens is 3. The maximum Gasteiger partial charge on any atom is 0.492 e. The second-order valence-electron chi connectivity index (χ2n) is 7.05. The van der Waals surface area contributed by atoms with Crippen LogP contribution in [0.1, 0.15) is 0 Å². The molecule has 1 saturated heterocycles. The fourth-order valence-electron chi connectivity index (χ4n) is 3.16. The Balaban J connectivity index is 1.37. The van der Waals surface area contributed by atoms with E-state index in [2.05, 4.69) is 36.4 Å². The summed E-state index contributed by atoms with van der Waals surface area (Å²) in [6.45, 7) is 0.859. The smallest absolute Gasteiger partial charge is 0.492 e. The van der Waals surface area contributed by atoms with E-state index in [0.717, 1.165) is 10.0 Å². The van der Waals surface area contributed by atoms with Gasteiger partial charge in [-0.05, 0) is 39.7 Å². The van der Waals surface area contributed by atoms with E-state index in [9.17, 15) is 14.8 Å². The minimum Gasteiger partial charge on any atom is -0.497 e. The molecule has 1 fully saturated rings. The van der Waals surface area contributed by atoms with Crippen LogP contribution in [0.15, 0.2) is 53.3 Å². The number of hydrogen-bond donors (Lipinski definition) is 3. The largest absolute Gasteiger partial charge is 0.497 e. The van der Waals surface area contributed by atoms with E-state index in [4.69, 9.17) is 9.47 Å². The number of likely N-dealkylation sites (tertiary alicyclic amines) is 1. The number of nitrogens with zero attached hydrogens (tertiary/aromatic N) is 4. The summed E-state index contributed by atoms with van der Waals surface area (Å²) in [4.78, 5) is 18.3. The van der Waals surface area contributed by atoms with Gasteiger partial charge in [-0.1, -0.05) is 12.1 Å². The Morgan fingerprint density at radius 1 is 1.19 bits per heavy atom. The number of methoxy groups -OCH3 is 1. The number of ether oxygens (including phenoxy) is 2. The van der Waals surface area contributed by atoms with Crippen LogP contribution in [-0.2, 0) is 0 Å². The summed E-state index contributed by atoms with van der Waals surface area (Å²) in [5, 5.41) is 29.5. The molecule has 3 N–H and O–H groups in total. The normalized spacial score (nSPS) is 13.3. The van der Waals surface area contributed by atoms with Gasteiger partial charge in [0.1, 0.15) is 11.9 Å². The number of anilines is 1. The average molecular weight is 500 g/mol. The van der Waals surface area contributed by atoms with Crippen LogP contribution < -0.4 is 20.3 Å². The van der Waals surface area contributed by atoms with Crippen LogP contribution in [0.25, 0.3) is 11.1 Å². The summed E-state index contributed by atoms with van der Waals surface area (Å²) in [6.07, 6.45) is 3.07. The highest BCUT2D eigenvalue weighted by Gasteiger charge is 2.33. The number of nitrogens with one attached hydrogen (secondary N) is 1. The molecule has 2 aromatic heterocycles. The predicted molar refractivity (Wildman–Crippen MR) is 121 cm³/mol. The van der Waals surface area contributed by atoms with Gasteiger partial charge in [0, 0.05) is 27.8 Å². The third-order valence-electron chi connectivity index (χ3n) is 4.86. The highest BCUT2D eigenvalue weighted by molar-refractivity contribution is 9.10. The van der Waals surface area contributed by atoms with Gasteiger partial charge in [0.2, 0.25) is 5.88 Å². The van der Waals surface area contributed by atoms with Crippen LogP contribution in [0.4, 0.5) is 10.6 Å². The molecule has 0 saturated carbocycles. The molecule has 12 heteroatoms. The van der Waals surface area contributed by atoms with Crippen molar-refractivity contribution in [2.45, 2.75) is 6.10 Å². The fraction of sp³-hybridized carbons (Fsp3) is 0.200. The zero-order valence-electron chi connectivity index (χ0n) is 17.0.